The third-order valence-electron chi connectivity index (χ3n) is 4.75. The second-order valence-corrected chi connectivity index (χ2v) is 16.5. The summed E-state index contributed by atoms with van der Waals surface area (Å²) >= 11 is 1.53. The van der Waals surface area contributed by atoms with Crippen LogP contribution in [0.1, 0.15) is 41.5 Å². The Labute approximate surface area is 177 Å². The van der Waals surface area contributed by atoms with Crippen LogP contribution in [0.3, 0.4) is 0 Å². The average Bonchev–Trinajstić information content (AvgIpc) is 2.50. The summed E-state index contributed by atoms with van der Waals surface area (Å²) in [6.07, 6.45) is 2.09. The largest absolute Gasteiger partial charge is 0.411 e. The first-order chi connectivity index (χ1) is 12.6. The highest BCUT2D eigenvalue weighted by Gasteiger charge is 2.41. The molecule has 0 aliphatic heterocycles. The van der Waals surface area contributed by atoms with Gasteiger partial charge in [0.25, 0.3) is 10.1 Å². The van der Waals surface area contributed by atoms with Crippen LogP contribution in [-0.2, 0) is 18.7 Å². The van der Waals surface area contributed by atoms with E-state index in [0.717, 1.165) is 16.1 Å². The van der Waals surface area contributed by atoms with Crippen LogP contribution < -0.4 is 0 Å². The first kappa shape index (κ1) is 25.4. The van der Waals surface area contributed by atoms with Gasteiger partial charge < -0.3 is 4.43 Å². The summed E-state index contributed by atoms with van der Waals surface area (Å²) in [5, 5.41) is 0.0192. The van der Waals surface area contributed by atoms with E-state index in [2.05, 4.69) is 53.8 Å². The van der Waals surface area contributed by atoms with Crippen LogP contribution in [-0.4, -0.2) is 35.2 Å². The minimum Gasteiger partial charge on any atom is -0.411 e. The lowest BCUT2D eigenvalue weighted by molar-refractivity contribution is 0.0873. The van der Waals surface area contributed by atoms with E-state index in [1.54, 1.807) is 0 Å². The van der Waals surface area contributed by atoms with Gasteiger partial charge in [0.1, 0.15) is 6.10 Å². The summed E-state index contributed by atoms with van der Waals surface area (Å²) in [6.45, 7) is 16.9. The number of benzene rings is 1. The van der Waals surface area contributed by atoms with Crippen LogP contribution >= 0.6 is 11.8 Å². The number of rotatable bonds is 9. The smallest absolute Gasteiger partial charge is 0.265 e. The van der Waals surface area contributed by atoms with Crippen molar-refractivity contribution in [3.63, 3.8) is 0 Å². The van der Waals surface area contributed by atoms with Gasteiger partial charge in [-0.3, -0.25) is 4.18 Å². The van der Waals surface area contributed by atoms with Gasteiger partial charge in [0, 0.05) is 9.80 Å². The molecule has 1 aromatic carbocycles. The van der Waals surface area contributed by atoms with E-state index in [4.69, 9.17) is 8.61 Å². The molecule has 0 aliphatic carbocycles. The molecule has 1 aromatic rings. The number of thioether (sulfide) groups is 1. The van der Waals surface area contributed by atoms with Gasteiger partial charge in [-0.15, -0.1) is 0 Å². The zero-order valence-electron chi connectivity index (χ0n) is 18.6. The molecule has 0 aromatic heterocycles. The highest BCUT2D eigenvalue weighted by Crippen LogP contribution is 2.40. The number of hydrogen-bond acceptors (Lipinski definition) is 5. The SMILES string of the molecule is CC(C)/C=C(/Sc1ccccc1)[C@@H](OS(C)(=O)=O)[C@H](C)O[Si](C)(C)C(C)(C)C. The zero-order valence-corrected chi connectivity index (χ0v) is 21.3. The lowest BCUT2D eigenvalue weighted by Crippen LogP contribution is -2.47. The third-order valence-corrected chi connectivity index (χ3v) is 11.0. The Morgan fingerprint density at radius 2 is 1.64 bits per heavy atom. The summed E-state index contributed by atoms with van der Waals surface area (Å²) in [5.41, 5.74) is 0. The van der Waals surface area contributed by atoms with Gasteiger partial charge in [-0.05, 0) is 43.1 Å². The highest BCUT2D eigenvalue weighted by atomic mass is 32.2. The van der Waals surface area contributed by atoms with Gasteiger partial charge in [-0.25, -0.2) is 0 Å². The highest BCUT2D eigenvalue weighted by molar-refractivity contribution is 8.03. The normalized spacial score (nSPS) is 16.3. The minimum atomic E-state index is -3.65. The van der Waals surface area contributed by atoms with E-state index >= 15 is 0 Å². The Balaban J connectivity index is 3.30. The molecule has 0 bridgehead atoms. The van der Waals surface area contributed by atoms with Gasteiger partial charge >= 0.3 is 0 Å². The van der Waals surface area contributed by atoms with Gasteiger partial charge in [-0.2, -0.15) is 8.42 Å². The Morgan fingerprint density at radius 1 is 1.11 bits per heavy atom. The van der Waals surface area contributed by atoms with E-state index in [1.165, 1.54) is 11.8 Å². The van der Waals surface area contributed by atoms with Crippen LogP contribution in [0.5, 0.6) is 0 Å². The molecule has 0 unspecified atom stereocenters. The summed E-state index contributed by atoms with van der Waals surface area (Å²) in [7, 11) is -5.75. The first-order valence-electron chi connectivity index (χ1n) is 9.63. The molecule has 0 saturated carbocycles. The fraction of sp³-hybridized carbons (Fsp3) is 0.619. The molecule has 0 aliphatic rings. The molecule has 0 fully saturated rings. The van der Waals surface area contributed by atoms with Crippen LogP contribution in [0.4, 0.5) is 0 Å². The molecule has 0 radical (unpaired) electrons. The second-order valence-electron chi connectivity index (χ2n) is 9.03. The maximum atomic E-state index is 12.0. The Bertz CT molecular complexity index is 750. The number of allylic oxidation sites excluding steroid dienone is 1. The lowest BCUT2D eigenvalue weighted by atomic mass is 10.1. The zero-order chi connectivity index (χ0) is 21.8. The predicted molar refractivity (Wildman–Crippen MR) is 123 cm³/mol. The summed E-state index contributed by atoms with van der Waals surface area (Å²) in [6, 6.07) is 9.92. The van der Waals surface area contributed by atoms with E-state index < -0.39 is 30.6 Å². The Kier molecular flexibility index (Phi) is 9.02. The predicted octanol–water partition coefficient (Wildman–Crippen LogP) is 6.07. The summed E-state index contributed by atoms with van der Waals surface area (Å²) in [4.78, 5) is 1.90. The Morgan fingerprint density at radius 3 is 2.07 bits per heavy atom. The lowest BCUT2D eigenvalue weighted by Gasteiger charge is -2.40. The molecule has 7 heteroatoms. The average molecular weight is 445 g/mol. The van der Waals surface area contributed by atoms with Crippen molar-refractivity contribution in [3.05, 3.63) is 41.3 Å². The molecule has 0 N–H and O–H groups in total. The monoisotopic (exact) mass is 444 g/mol. The molecule has 0 spiro atoms. The van der Waals surface area contributed by atoms with E-state index in [1.807, 2.05) is 37.3 Å². The topological polar surface area (TPSA) is 52.6 Å². The first-order valence-corrected chi connectivity index (χ1v) is 15.2. The van der Waals surface area contributed by atoms with Crippen molar-refractivity contribution in [2.24, 2.45) is 5.92 Å². The summed E-state index contributed by atoms with van der Waals surface area (Å²) in [5.74, 6) is 0.247. The van der Waals surface area contributed by atoms with E-state index in [9.17, 15) is 8.42 Å². The van der Waals surface area contributed by atoms with Crippen LogP contribution in [0.25, 0.3) is 0 Å². The fourth-order valence-electron chi connectivity index (χ4n) is 2.39. The van der Waals surface area contributed by atoms with Crippen LogP contribution in [0.2, 0.25) is 18.1 Å². The molecule has 2 atom stereocenters. The molecular weight excluding hydrogens is 408 g/mol. The van der Waals surface area contributed by atoms with E-state index in [0.29, 0.717) is 0 Å². The maximum absolute atomic E-state index is 12.0. The minimum absolute atomic E-state index is 0.0192. The van der Waals surface area contributed by atoms with Crippen molar-refractivity contribution < 1.29 is 17.0 Å². The van der Waals surface area contributed by atoms with Crippen LogP contribution in [0.15, 0.2) is 46.2 Å². The van der Waals surface area contributed by atoms with Crippen molar-refractivity contribution >= 4 is 30.2 Å². The van der Waals surface area contributed by atoms with Crippen molar-refractivity contribution in [3.8, 4) is 0 Å². The van der Waals surface area contributed by atoms with E-state index in [-0.39, 0.29) is 11.0 Å². The molecule has 28 heavy (non-hydrogen) atoms. The molecule has 1 rings (SSSR count). The second kappa shape index (κ2) is 9.94. The molecule has 160 valence electrons. The maximum Gasteiger partial charge on any atom is 0.265 e. The quantitative estimate of drug-likeness (QED) is 0.263. The van der Waals surface area contributed by atoms with Crippen molar-refractivity contribution in [1.29, 1.82) is 0 Å². The number of hydrogen-bond donors (Lipinski definition) is 0. The third kappa shape index (κ3) is 8.41. The molecule has 0 saturated heterocycles. The molecule has 0 heterocycles. The molecule has 4 nitrogen and oxygen atoms in total. The van der Waals surface area contributed by atoms with Crippen molar-refractivity contribution in [2.75, 3.05) is 6.26 Å². The van der Waals surface area contributed by atoms with Gasteiger partial charge in [0.2, 0.25) is 0 Å². The van der Waals surface area contributed by atoms with Crippen molar-refractivity contribution in [1.82, 2.24) is 0 Å². The standard InChI is InChI=1S/C21H36O4S2Si/c1-16(2)15-19(26-18-13-11-10-12-14-18)20(24-27(7,22)23)17(3)25-28(8,9)21(4,5)6/h10-17,20H,1-9H3/b19-15+/t17-,20-/m0/s1. The van der Waals surface area contributed by atoms with Crippen molar-refractivity contribution in [2.45, 2.75) is 76.8 Å². The summed E-state index contributed by atoms with van der Waals surface area (Å²) < 4.78 is 36.2. The molecular formula is C21H36O4S2Si. The fourth-order valence-corrected chi connectivity index (χ4v) is 5.75. The van der Waals surface area contributed by atoms with Gasteiger partial charge in [-0.1, -0.05) is 70.7 Å². The molecule has 0 amide bonds. The van der Waals surface area contributed by atoms with Gasteiger partial charge in [0.05, 0.1) is 12.4 Å². The van der Waals surface area contributed by atoms with Gasteiger partial charge in [0.15, 0.2) is 8.32 Å². The van der Waals surface area contributed by atoms with Crippen LogP contribution in [0, 0.1) is 5.92 Å². The Hall–Kier alpha value is -0.603.